The van der Waals surface area contributed by atoms with Crippen LogP contribution in [0.25, 0.3) is 0 Å². The SMILES string of the molecule is ICC1CCOC1(c1ccccc1)c1ccccc1. The van der Waals surface area contributed by atoms with Gasteiger partial charge in [-0.2, -0.15) is 0 Å². The van der Waals surface area contributed by atoms with E-state index in [1.165, 1.54) is 11.1 Å². The highest BCUT2D eigenvalue weighted by Gasteiger charge is 2.46. The first-order valence-electron chi connectivity index (χ1n) is 6.69. The van der Waals surface area contributed by atoms with Gasteiger partial charge in [0.25, 0.3) is 0 Å². The number of benzene rings is 2. The van der Waals surface area contributed by atoms with Crippen LogP contribution in [0.1, 0.15) is 17.5 Å². The Morgan fingerprint density at radius 3 is 1.95 bits per heavy atom. The molecule has 2 heteroatoms. The third-order valence-electron chi connectivity index (χ3n) is 3.96. The normalized spacial score (nSPS) is 21.4. The summed E-state index contributed by atoms with van der Waals surface area (Å²) in [6, 6.07) is 21.3. The molecule has 0 aliphatic carbocycles. The van der Waals surface area contributed by atoms with E-state index in [1.807, 2.05) is 0 Å². The zero-order valence-electron chi connectivity index (χ0n) is 10.8. The van der Waals surface area contributed by atoms with Gasteiger partial charge in [0.2, 0.25) is 0 Å². The summed E-state index contributed by atoms with van der Waals surface area (Å²) in [5.74, 6) is 0.540. The Balaban J connectivity index is 2.17. The minimum atomic E-state index is -0.260. The quantitative estimate of drug-likeness (QED) is 0.580. The molecule has 2 aromatic carbocycles. The molecule has 2 aromatic rings. The van der Waals surface area contributed by atoms with Crippen LogP contribution >= 0.6 is 22.6 Å². The van der Waals surface area contributed by atoms with Crippen LogP contribution in [0.15, 0.2) is 60.7 Å². The van der Waals surface area contributed by atoms with Crippen molar-refractivity contribution >= 4 is 22.6 Å². The van der Waals surface area contributed by atoms with Gasteiger partial charge < -0.3 is 4.74 Å². The predicted molar refractivity (Wildman–Crippen MR) is 86.6 cm³/mol. The van der Waals surface area contributed by atoms with E-state index in [-0.39, 0.29) is 5.60 Å². The standard InChI is InChI=1S/C17H17IO/c18-13-16-11-12-19-17(16,14-7-3-1-4-8-14)15-9-5-2-6-10-15/h1-10,16H,11-13H2. The third-order valence-corrected chi connectivity index (χ3v) is 5.03. The topological polar surface area (TPSA) is 9.23 Å². The lowest BCUT2D eigenvalue weighted by Crippen LogP contribution is -2.34. The molecule has 1 aliphatic rings. The zero-order chi connectivity index (χ0) is 13.1. The highest BCUT2D eigenvalue weighted by atomic mass is 127. The van der Waals surface area contributed by atoms with Crippen molar-refractivity contribution in [2.24, 2.45) is 5.92 Å². The van der Waals surface area contributed by atoms with Crippen LogP contribution in [0.4, 0.5) is 0 Å². The van der Waals surface area contributed by atoms with Crippen molar-refractivity contribution in [3.8, 4) is 0 Å². The van der Waals surface area contributed by atoms with Crippen molar-refractivity contribution in [1.82, 2.24) is 0 Å². The molecular weight excluding hydrogens is 347 g/mol. The molecule has 1 fully saturated rings. The summed E-state index contributed by atoms with van der Waals surface area (Å²) in [5.41, 5.74) is 2.30. The van der Waals surface area contributed by atoms with Crippen LogP contribution in [0.5, 0.6) is 0 Å². The van der Waals surface area contributed by atoms with Gasteiger partial charge in [-0.05, 0) is 17.5 Å². The molecule has 0 N–H and O–H groups in total. The Hall–Kier alpha value is -0.870. The lowest BCUT2D eigenvalue weighted by atomic mass is 9.77. The maximum Gasteiger partial charge on any atom is 0.122 e. The van der Waals surface area contributed by atoms with E-state index in [1.54, 1.807) is 0 Å². The van der Waals surface area contributed by atoms with Gasteiger partial charge in [-0.3, -0.25) is 0 Å². The molecule has 19 heavy (non-hydrogen) atoms. The van der Waals surface area contributed by atoms with Crippen molar-refractivity contribution in [2.75, 3.05) is 11.0 Å². The maximum absolute atomic E-state index is 6.31. The summed E-state index contributed by atoms with van der Waals surface area (Å²) in [6.45, 7) is 0.845. The van der Waals surface area contributed by atoms with Crippen LogP contribution in [0.2, 0.25) is 0 Å². The molecular formula is C17H17IO. The summed E-state index contributed by atoms with van der Waals surface area (Å²) in [7, 11) is 0. The molecule has 0 aromatic heterocycles. The smallest absolute Gasteiger partial charge is 0.122 e. The number of hydrogen-bond donors (Lipinski definition) is 0. The van der Waals surface area contributed by atoms with Crippen LogP contribution in [0.3, 0.4) is 0 Å². The molecule has 1 nitrogen and oxygen atoms in total. The molecule has 0 spiro atoms. The molecule has 1 saturated heterocycles. The third kappa shape index (κ3) is 2.21. The highest BCUT2D eigenvalue weighted by molar-refractivity contribution is 14.1. The maximum atomic E-state index is 6.31. The minimum absolute atomic E-state index is 0.260. The fourth-order valence-corrected chi connectivity index (χ4v) is 4.11. The van der Waals surface area contributed by atoms with E-state index < -0.39 is 0 Å². The van der Waals surface area contributed by atoms with E-state index in [4.69, 9.17) is 4.74 Å². The average molecular weight is 364 g/mol. The van der Waals surface area contributed by atoms with E-state index >= 15 is 0 Å². The van der Waals surface area contributed by atoms with Gasteiger partial charge in [-0.1, -0.05) is 83.3 Å². The Labute approximate surface area is 128 Å². The van der Waals surface area contributed by atoms with Crippen LogP contribution in [-0.2, 0) is 10.3 Å². The van der Waals surface area contributed by atoms with Gasteiger partial charge >= 0.3 is 0 Å². The Kier molecular flexibility index (Phi) is 3.89. The lowest BCUT2D eigenvalue weighted by Gasteiger charge is -2.35. The van der Waals surface area contributed by atoms with E-state index in [0.29, 0.717) is 5.92 Å². The zero-order valence-corrected chi connectivity index (χ0v) is 12.9. The number of hydrogen-bond acceptors (Lipinski definition) is 1. The molecule has 98 valence electrons. The van der Waals surface area contributed by atoms with Crippen molar-refractivity contribution in [3.63, 3.8) is 0 Å². The van der Waals surface area contributed by atoms with Gasteiger partial charge in [-0.15, -0.1) is 0 Å². The molecule has 0 radical (unpaired) electrons. The van der Waals surface area contributed by atoms with Gasteiger partial charge in [-0.25, -0.2) is 0 Å². The highest BCUT2D eigenvalue weighted by Crippen LogP contribution is 2.47. The number of halogens is 1. The summed E-state index contributed by atoms with van der Waals surface area (Å²) in [5, 5.41) is 0. The lowest BCUT2D eigenvalue weighted by molar-refractivity contribution is 0.0158. The first-order valence-corrected chi connectivity index (χ1v) is 8.21. The fraction of sp³-hybridized carbons (Fsp3) is 0.294. The average Bonchev–Trinajstić information content (AvgIpc) is 2.94. The molecule has 1 unspecified atom stereocenters. The molecule has 3 rings (SSSR count). The van der Waals surface area contributed by atoms with Gasteiger partial charge in [0.05, 0.1) is 0 Å². The van der Waals surface area contributed by atoms with Crippen molar-refractivity contribution in [3.05, 3.63) is 71.8 Å². The monoisotopic (exact) mass is 364 g/mol. The van der Waals surface area contributed by atoms with Crippen molar-refractivity contribution in [1.29, 1.82) is 0 Å². The summed E-state index contributed by atoms with van der Waals surface area (Å²) in [6.07, 6.45) is 1.13. The Morgan fingerprint density at radius 1 is 0.947 bits per heavy atom. The molecule has 0 bridgehead atoms. The van der Waals surface area contributed by atoms with E-state index in [2.05, 4.69) is 83.3 Å². The first-order chi connectivity index (χ1) is 9.38. The predicted octanol–water partition coefficient (Wildman–Crippen LogP) is 4.40. The largest absolute Gasteiger partial charge is 0.365 e. The summed E-state index contributed by atoms with van der Waals surface area (Å²) >= 11 is 2.49. The van der Waals surface area contributed by atoms with Gasteiger partial charge in [0.15, 0.2) is 0 Å². The van der Waals surface area contributed by atoms with Gasteiger partial charge in [0, 0.05) is 17.0 Å². The fourth-order valence-electron chi connectivity index (χ4n) is 3.05. The minimum Gasteiger partial charge on any atom is -0.365 e. The second-order valence-electron chi connectivity index (χ2n) is 4.96. The van der Waals surface area contributed by atoms with Crippen molar-refractivity contribution in [2.45, 2.75) is 12.0 Å². The Morgan fingerprint density at radius 2 is 1.47 bits per heavy atom. The van der Waals surface area contributed by atoms with Crippen LogP contribution < -0.4 is 0 Å². The van der Waals surface area contributed by atoms with E-state index in [9.17, 15) is 0 Å². The van der Waals surface area contributed by atoms with E-state index in [0.717, 1.165) is 17.5 Å². The molecule has 1 atom stereocenters. The number of rotatable bonds is 3. The van der Waals surface area contributed by atoms with Gasteiger partial charge in [0.1, 0.15) is 5.60 Å². The summed E-state index contributed by atoms with van der Waals surface area (Å²) < 4.78 is 7.42. The first kappa shape index (κ1) is 13.1. The van der Waals surface area contributed by atoms with Crippen LogP contribution in [-0.4, -0.2) is 11.0 Å². The summed E-state index contributed by atoms with van der Waals surface area (Å²) in [4.78, 5) is 0. The Bertz CT molecular complexity index is 484. The number of ether oxygens (including phenoxy) is 1. The molecule has 0 saturated carbocycles. The van der Waals surface area contributed by atoms with Crippen LogP contribution in [0, 0.1) is 5.92 Å². The second-order valence-corrected chi connectivity index (χ2v) is 5.84. The molecule has 1 heterocycles. The number of alkyl halides is 1. The van der Waals surface area contributed by atoms with Crippen molar-refractivity contribution < 1.29 is 4.74 Å². The molecule has 1 aliphatic heterocycles. The second kappa shape index (κ2) is 5.63. The molecule has 0 amide bonds.